The minimum absolute atomic E-state index is 0.0320. The maximum absolute atomic E-state index is 5.79. The van der Waals surface area contributed by atoms with Gasteiger partial charge in [-0.3, -0.25) is 0 Å². The topological polar surface area (TPSA) is 51.5 Å². The van der Waals surface area contributed by atoms with Crippen LogP contribution in [0.3, 0.4) is 0 Å². The first kappa shape index (κ1) is 13.4. The Hall–Kier alpha value is -1.62. The molecular formula is C15H22N4O. The molecule has 0 amide bonds. The number of rotatable bonds is 3. The third-order valence-electron chi connectivity index (χ3n) is 3.69. The number of hydrogen-bond donors (Lipinski definition) is 1. The van der Waals surface area contributed by atoms with Gasteiger partial charge in [-0.2, -0.15) is 0 Å². The molecule has 2 aromatic heterocycles. The summed E-state index contributed by atoms with van der Waals surface area (Å²) < 4.78 is 7.60. The second kappa shape index (κ2) is 5.05. The molecule has 1 saturated heterocycles. The third kappa shape index (κ3) is 2.77. The maximum Gasteiger partial charge on any atom is 0.231 e. The number of hydrogen-bond acceptors (Lipinski definition) is 4. The van der Waals surface area contributed by atoms with Gasteiger partial charge in [-0.1, -0.05) is 20.8 Å². The summed E-state index contributed by atoms with van der Waals surface area (Å²) in [5.74, 6) is 1.27. The van der Waals surface area contributed by atoms with Crippen molar-refractivity contribution in [3.63, 3.8) is 0 Å². The van der Waals surface area contributed by atoms with E-state index in [1.165, 1.54) is 6.42 Å². The van der Waals surface area contributed by atoms with Gasteiger partial charge in [0.25, 0.3) is 0 Å². The molecule has 1 fully saturated rings. The summed E-state index contributed by atoms with van der Waals surface area (Å²) in [5.41, 5.74) is 1.94. The summed E-state index contributed by atoms with van der Waals surface area (Å²) in [6.07, 6.45) is 3.17. The Morgan fingerprint density at radius 3 is 2.95 bits per heavy atom. The zero-order chi connectivity index (χ0) is 14.2. The van der Waals surface area contributed by atoms with E-state index in [1.54, 1.807) is 0 Å². The van der Waals surface area contributed by atoms with E-state index in [2.05, 4.69) is 36.2 Å². The van der Waals surface area contributed by atoms with Crippen LogP contribution in [-0.2, 0) is 5.41 Å². The summed E-state index contributed by atoms with van der Waals surface area (Å²) in [6.45, 7) is 9.32. The van der Waals surface area contributed by atoms with Crippen LogP contribution in [0, 0.1) is 5.92 Å². The van der Waals surface area contributed by atoms with E-state index in [9.17, 15) is 0 Å². The van der Waals surface area contributed by atoms with Crippen molar-refractivity contribution in [3.8, 4) is 5.88 Å². The molecule has 0 aromatic carbocycles. The normalized spacial score (nSPS) is 19.6. The van der Waals surface area contributed by atoms with Crippen LogP contribution in [0.5, 0.6) is 5.88 Å². The highest BCUT2D eigenvalue weighted by atomic mass is 16.5. The number of ether oxygens (including phenoxy) is 1. The Balaban J connectivity index is 1.76. The average Bonchev–Trinajstić information content (AvgIpc) is 3.04. The predicted molar refractivity (Wildman–Crippen MR) is 78.2 cm³/mol. The number of nitrogens with zero attached hydrogens (tertiary/aromatic N) is 3. The highest BCUT2D eigenvalue weighted by Crippen LogP contribution is 2.22. The fraction of sp³-hybridized carbons (Fsp3) is 0.600. The zero-order valence-corrected chi connectivity index (χ0v) is 12.4. The Morgan fingerprint density at radius 1 is 1.40 bits per heavy atom. The summed E-state index contributed by atoms with van der Waals surface area (Å²) in [7, 11) is 0. The van der Waals surface area contributed by atoms with Crippen LogP contribution in [-0.4, -0.2) is 34.3 Å². The molecule has 1 unspecified atom stereocenters. The van der Waals surface area contributed by atoms with Gasteiger partial charge in [-0.15, -0.1) is 5.10 Å². The molecule has 0 saturated carbocycles. The van der Waals surface area contributed by atoms with Gasteiger partial charge in [-0.25, -0.2) is 9.50 Å². The van der Waals surface area contributed by atoms with Gasteiger partial charge in [0.15, 0.2) is 5.65 Å². The largest absolute Gasteiger partial charge is 0.476 e. The van der Waals surface area contributed by atoms with Crippen molar-refractivity contribution in [3.05, 3.63) is 24.0 Å². The molecule has 108 valence electrons. The molecule has 5 nitrogen and oxygen atoms in total. The molecule has 0 spiro atoms. The van der Waals surface area contributed by atoms with Gasteiger partial charge in [0.05, 0.1) is 18.5 Å². The van der Waals surface area contributed by atoms with Crippen LogP contribution in [0.4, 0.5) is 0 Å². The van der Waals surface area contributed by atoms with Crippen LogP contribution in [0.2, 0.25) is 0 Å². The van der Waals surface area contributed by atoms with E-state index in [0.29, 0.717) is 11.8 Å². The zero-order valence-electron chi connectivity index (χ0n) is 12.4. The van der Waals surface area contributed by atoms with Crippen molar-refractivity contribution in [1.29, 1.82) is 0 Å². The molecular weight excluding hydrogens is 252 g/mol. The van der Waals surface area contributed by atoms with Gasteiger partial charge in [0.1, 0.15) is 0 Å². The lowest BCUT2D eigenvalue weighted by Crippen LogP contribution is -2.16. The molecule has 1 aliphatic rings. The molecule has 3 rings (SSSR count). The first-order valence-corrected chi connectivity index (χ1v) is 7.23. The first-order chi connectivity index (χ1) is 9.52. The van der Waals surface area contributed by atoms with Crippen molar-refractivity contribution in [1.82, 2.24) is 19.9 Å². The van der Waals surface area contributed by atoms with E-state index in [0.717, 1.165) is 31.0 Å². The molecule has 0 radical (unpaired) electrons. The van der Waals surface area contributed by atoms with E-state index in [4.69, 9.17) is 4.74 Å². The predicted octanol–water partition coefficient (Wildman–Crippen LogP) is 2.02. The molecule has 5 heteroatoms. The van der Waals surface area contributed by atoms with Gasteiger partial charge < -0.3 is 10.1 Å². The van der Waals surface area contributed by atoms with Crippen molar-refractivity contribution < 1.29 is 4.74 Å². The SMILES string of the molecule is CC(C)(C)c1cn2nc(OCC3CCNC3)ccc2n1. The van der Waals surface area contributed by atoms with E-state index < -0.39 is 0 Å². The minimum Gasteiger partial charge on any atom is -0.476 e. The quantitative estimate of drug-likeness (QED) is 0.930. The fourth-order valence-corrected chi connectivity index (χ4v) is 2.36. The number of imidazole rings is 1. The lowest BCUT2D eigenvalue weighted by atomic mass is 9.93. The first-order valence-electron chi connectivity index (χ1n) is 7.23. The van der Waals surface area contributed by atoms with Crippen molar-refractivity contribution in [2.45, 2.75) is 32.6 Å². The summed E-state index contributed by atoms with van der Waals surface area (Å²) >= 11 is 0. The average molecular weight is 274 g/mol. The van der Waals surface area contributed by atoms with Crippen LogP contribution >= 0.6 is 0 Å². The van der Waals surface area contributed by atoms with E-state index in [1.807, 2.05) is 22.8 Å². The van der Waals surface area contributed by atoms with Crippen molar-refractivity contribution in [2.24, 2.45) is 5.92 Å². The van der Waals surface area contributed by atoms with Crippen molar-refractivity contribution >= 4 is 5.65 Å². The molecule has 1 atom stereocenters. The van der Waals surface area contributed by atoms with Gasteiger partial charge >= 0.3 is 0 Å². The third-order valence-corrected chi connectivity index (χ3v) is 3.69. The smallest absolute Gasteiger partial charge is 0.231 e. The fourth-order valence-electron chi connectivity index (χ4n) is 2.36. The Morgan fingerprint density at radius 2 is 2.25 bits per heavy atom. The van der Waals surface area contributed by atoms with Crippen LogP contribution in [0.25, 0.3) is 5.65 Å². The highest BCUT2D eigenvalue weighted by Gasteiger charge is 2.18. The molecule has 2 aromatic rings. The number of nitrogens with one attached hydrogen (secondary N) is 1. The van der Waals surface area contributed by atoms with Crippen LogP contribution in [0.15, 0.2) is 18.3 Å². The lowest BCUT2D eigenvalue weighted by molar-refractivity contribution is 0.248. The molecule has 0 bridgehead atoms. The molecule has 3 heterocycles. The van der Waals surface area contributed by atoms with Gasteiger partial charge in [0.2, 0.25) is 5.88 Å². The number of fused-ring (bicyclic) bond motifs is 1. The maximum atomic E-state index is 5.79. The summed E-state index contributed by atoms with van der Waals surface area (Å²) in [4.78, 5) is 4.60. The Bertz CT molecular complexity index is 593. The highest BCUT2D eigenvalue weighted by molar-refractivity contribution is 5.40. The number of aromatic nitrogens is 3. The van der Waals surface area contributed by atoms with Crippen LogP contribution < -0.4 is 10.1 Å². The second-order valence-electron chi connectivity index (χ2n) is 6.52. The van der Waals surface area contributed by atoms with Gasteiger partial charge in [0, 0.05) is 23.9 Å². The van der Waals surface area contributed by atoms with Crippen LogP contribution in [0.1, 0.15) is 32.9 Å². The standard InChI is InChI=1S/C15H22N4O/c1-15(2,3)12-9-19-13(17-12)4-5-14(18-19)20-10-11-6-7-16-8-11/h4-5,9,11,16H,6-8,10H2,1-3H3. The lowest BCUT2D eigenvalue weighted by Gasteiger charge is -2.13. The molecule has 20 heavy (non-hydrogen) atoms. The van der Waals surface area contributed by atoms with Crippen molar-refractivity contribution in [2.75, 3.05) is 19.7 Å². The Labute approximate surface area is 119 Å². The molecule has 0 aliphatic carbocycles. The summed E-state index contributed by atoms with van der Waals surface area (Å²) in [6, 6.07) is 3.86. The summed E-state index contributed by atoms with van der Waals surface area (Å²) in [5, 5.41) is 7.82. The monoisotopic (exact) mass is 274 g/mol. The van der Waals surface area contributed by atoms with Gasteiger partial charge in [-0.05, 0) is 19.0 Å². The minimum atomic E-state index is 0.0320. The molecule has 1 aliphatic heterocycles. The molecule has 1 N–H and O–H groups in total. The van der Waals surface area contributed by atoms with E-state index in [-0.39, 0.29) is 5.41 Å². The second-order valence-corrected chi connectivity index (χ2v) is 6.52. The van der Waals surface area contributed by atoms with E-state index >= 15 is 0 Å². The Kier molecular flexibility index (Phi) is 3.38.